The SMILES string of the molecule is Cc1cc(C)cc(CCC(=O)N2CCC[C@H](CO)C2)c1. The Morgan fingerprint density at radius 3 is 2.65 bits per heavy atom. The van der Waals surface area contributed by atoms with Crippen LogP contribution in [0.2, 0.25) is 0 Å². The van der Waals surface area contributed by atoms with Gasteiger partial charge in [0.05, 0.1) is 0 Å². The third-order valence-electron chi connectivity index (χ3n) is 4.04. The standard InChI is InChI=1S/C17H25NO2/c1-13-8-14(2)10-15(9-13)5-6-17(20)18-7-3-4-16(11-18)12-19/h8-10,16,19H,3-7,11-12H2,1-2H3/t16-/m0/s1. The average Bonchev–Trinajstić information content (AvgIpc) is 2.44. The Morgan fingerprint density at radius 2 is 2.00 bits per heavy atom. The molecule has 1 atom stereocenters. The number of hydrogen-bond acceptors (Lipinski definition) is 2. The summed E-state index contributed by atoms with van der Waals surface area (Å²) in [5, 5.41) is 9.22. The van der Waals surface area contributed by atoms with Crippen molar-refractivity contribution >= 4 is 5.91 Å². The zero-order chi connectivity index (χ0) is 14.5. The lowest BCUT2D eigenvalue weighted by molar-refractivity contribution is -0.133. The van der Waals surface area contributed by atoms with Gasteiger partial charge in [-0.25, -0.2) is 0 Å². The zero-order valence-electron chi connectivity index (χ0n) is 12.6. The summed E-state index contributed by atoms with van der Waals surface area (Å²) in [7, 11) is 0. The number of carbonyl (C=O) groups excluding carboxylic acids is 1. The third kappa shape index (κ3) is 4.07. The lowest BCUT2D eigenvalue weighted by Crippen LogP contribution is -2.41. The summed E-state index contributed by atoms with van der Waals surface area (Å²) in [6, 6.07) is 6.47. The number of rotatable bonds is 4. The Morgan fingerprint density at radius 1 is 1.30 bits per heavy atom. The van der Waals surface area contributed by atoms with Crippen molar-refractivity contribution in [2.24, 2.45) is 5.92 Å². The molecule has 0 unspecified atom stereocenters. The highest BCUT2D eigenvalue weighted by Gasteiger charge is 2.22. The Labute approximate surface area is 121 Å². The molecule has 1 aromatic carbocycles. The molecule has 110 valence electrons. The fourth-order valence-corrected chi connectivity index (χ4v) is 3.06. The van der Waals surface area contributed by atoms with Gasteiger partial charge in [-0.15, -0.1) is 0 Å². The summed E-state index contributed by atoms with van der Waals surface area (Å²) >= 11 is 0. The fourth-order valence-electron chi connectivity index (χ4n) is 3.06. The van der Waals surface area contributed by atoms with E-state index in [1.54, 1.807) is 0 Å². The predicted octanol–water partition coefficient (Wildman–Crippen LogP) is 2.47. The highest BCUT2D eigenvalue weighted by atomic mass is 16.3. The van der Waals surface area contributed by atoms with Crippen LogP contribution in [0.15, 0.2) is 18.2 Å². The molecule has 1 heterocycles. The summed E-state index contributed by atoms with van der Waals surface area (Å²) in [5.74, 6) is 0.497. The molecule has 0 aromatic heterocycles. The Balaban J connectivity index is 1.88. The summed E-state index contributed by atoms with van der Waals surface area (Å²) in [5.41, 5.74) is 3.75. The second-order valence-electron chi connectivity index (χ2n) is 6.03. The number of amides is 1. The molecule has 0 bridgehead atoms. The predicted molar refractivity (Wildman–Crippen MR) is 80.6 cm³/mol. The van der Waals surface area contributed by atoms with Gasteiger partial charge in [0.25, 0.3) is 0 Å². The van der Waals surface area contributed by atoms with Gasteiger partial charge in [0.2, 0.25) is 5.91 Å². The number of carbonyl (C=O) groups is 1. The molecule has 0 saturated carbocycles. The number of aryl methyl sites for hydroxylation is 3. The van der Waals surface area contributed by atoms with E-state index in [-0.39, 0.29) is 18.4 Å². The number of likely N-dealkylation sites (tertiary alicyclic amines) is 1. The van der Waals surface area contributed by atoms with Gasteiger partial charge >= 0.3 is 0 Å². The second kappa shape index (κ2) is 6.89. The minimum Gasteiger partial charge on any atom is -0.396 e. The van der Waals surface area contributed by atoms with Crippen LogP contribution in [-0.2, 0) is 11.2 Å². The van der Waals surface area contributed by atoms with Crippen LogP contribution >= 0.6 is 0 Å². The van der Waals surface area contributed by atoms with Gasteiger partial charge in [0.15, 0.2) is 0 Å². The molecule has 1 amide bonds. The minimum atomic E-state index is 0.195. The molecule has 1 fully saturated rings. The van der Waals surface area contributed by atoms with Gasteiger partial charge in [-0.05, 0) is 44.6 Å². The maximum Gasteiger partial charge on any atom is 0.222 e. The first kappa shape index (κ1) is 15.0. The Bertz CT molecular complexity index is 450. The topological polar surface area (TPSA) is 40.5 Å². The van der Waals surface area contributed by atoms with Crippen LogP contribution in [0.25, 0.3) is 0 Å². The molecule has 1 aliphatic heterocycles. The van der Waals surface area contributed by atoms with Crippen molar-refractivity contribution in [3.8, 4) is 0 Å². The molecule has 3 nitrogen and oxygen atoms in total. The van der Waals surface area contributed by atoms with Crippen LogP contribution < -0.4 is 0 Å². The first-order valence-electron chi connectivity index (χ1n) is 7.54. The number of aliphatic hydroxyl groups is 1. The van der Waals surface area contributed by atoms with Crippen molar-refractivity contribution in [2.75, 3.05) is 19.7 Å². The maximum absolute atomic E-state index is 12.2. The monoisotopic (exact) mass is 275 g/mol. The zero-order valence-corrected chi connectivity index (χ0v) is 12.6. The summed E-state index contributed by atoms with van der Waals surface area (Å²) in [6.45, 7) is 5.95. The van der Waals surface area contributed by atoms with Crippen LogP contribution in [0.4, 0.5) is 0 Å². The number of aliphatic hydroxyl groups excluding tert-OH is 1. The van der Waals surface area contributed by atoms with Crippen molar-refractivity contribution in [2.45, 2.75) is 39.5 Å². The van der Waals surface area contributed by atoms with Crippen LogP contribution in [0.5, 0.6) is 0 Å². The van der Waals surface area contributed by atoms with E-state index in [4.69, 9.17) is 0 Å². The number of piperidine rings is 1. The maximum atomic E-state index is 12.2. The molecule has 1 aliphatic rings. The summed E-state index contributed by atoms with van der Waals surface area (Å²) in [4.78, 5) is 14.2. The van der Waals surface area contributed by atoms with E-state index < -0.39 is 0 Å². The molecule has 3 heteroatoms. The fraction of sp³-hybridized carbons (Fsp3) is 0.588. The molecular weight excluding hydrogens is 250 g/mol. The number of benzene rings is 1. The van der Waals surface area contributed by atoms with Crippen LogP contribution in [0.3, 0.4) is 0 Å². The largest absolute Gasteiger partial charge is 0.396 e. The van der Waals surface area contributed by atoms with Gasteiger partial charge in [-0.3, -0.25) is 4.79 Å². The van der Waals surface area contributed by atoms with Crippen molar-refractivity contribution in [1.29, 1.82) is 0 Å². The lowest BCUT2D eigenvalue weighted by Gasteiger charge is -2.32. The molecule has 1 saturated heterocycles. The van der Waals surface area contributed by atoms with E-state index in [0.717, 1.165) is 32.4 Å². The van der Waals surface area contributed by atoms with E-state index in [0.29, 0.717) is 6.42 Å². The first-order chi connectivity index (χ1) is 9.58. The summed E-state index contributed by atoms with van der Waals surface area (Å²) < 4.78 is 0. The molecule has 2 rings (SSSR count). The second-order valence-corrected chi connectivity index (χ2v) is 6.03. The molecule has 1 aromatic rings. The summed E-state index contributed by atoms with van der Waals surface area (Å²) in [6.07, 6.45) is 3.43. The van der Waals surface area contributed by atoms with Crippen molar-refractivity contribution in [1.82, 2.24) is 4.90 Å². The van der Waals surface area contributed by atoms with E-state index >= 15 is 0 Å². The van der Waals surface area contributed by atoms with Gasteiger partial charge in [0, 0.05) is 26.1 Å². The van der Waals surface area contributed by atoms with E-state index in [1.807, 2.05) is 4.90 Å². The third-order valence-corrected chi connectivity index (χ3v) is 4.04. The normalized spacial score (nSPS) is 19.1. The molecule has 0 spiro atoms. The minimum absolute atomic E-state index is 0.195. The van der Waals surface area contributed by atoms with Crippen molar-refractivity contribution in [3.05, 3.63) is 34.9 Å². The number of hydrogen-bond donors (Lipinski definition) is 1. The quantitative estimate of drug-likeness (QED) is 0.917. The molecule has 20 heavy (non-hydrogen) atoms. The highest BCUT2D eigenvalue weighted by Crippen LogP contribution is 2.17. The van der Waals surface area contributed by atoms with E-state index in [2.05, 4.69) is 32.0 Å². The Hall–Kier alpha value is -1.35. The molecule has 1 N–H and O–H groups in total. The first-order valence-corrected chi connectivity index (χ1v) is 7.54. The average molecular weight is 275 g/mol. The molecular formula is C17H25NO2. The van der Waals surface area contributed by atoms with Gasteiger partial charge in [-0.2, -0.15) is 0 Å². The van der Waals surface area contributed by atoms with Gasteiger partial charge in [-0.1, -0.05) is 29.3 Å². The van der Waals surface area contributed by atoms with Gasteiger partial charge in [0.1, 0.15) is 0 Å². The van der Waals surface area contributed by atoms with Crippen LogP contribution in [0.1, 0.15) is 36.0 Å². The van der Waals surface area contributed by atoms with Crippen molar-refractivity contribution < 1.29 is 9.90 Å². The highest BCUT2D eigenvalue weighted by molar-refractivity contribution is 5.76. The van der Waals surface area contributed by atoms with E-state index in [1.165, 1.54) is 16.7 Å². The smallest absolute Gasteiger partial charge is 0.222 e. The number of nitrogens with zero attached hydrogens (tertiary/aromatic N) is 1. The lowest BCUT2D eigenvalue weighted by atomic mass is 9.98. The van der Waals surface area contributed by atoms with E-state index in [9.17, 15) is 9.90 Å². The molecule has 0 radical (unpaired) electrons. The van der Waals surface area contributed by atoms with Gasteiger partial charge < -0.3 is 10.0 Å². The van der Waals surface area contributed by atoms with Crippen molar-refractivity contribution in [3.63, 3.8) is 0 Å². The van der Waals surface area contributed by atoms with Crippen LogP contribution in [-0.4, -0.2) is 35.6 Å². The van der Waals surface area contributed by atoms with Crippen LogP contribution in [0, 0.1) is 19.8 Å². The molecule has 0 aliphatic carbocycles. The Kier molecular flexibility index (Phi) is 5.18.